The van der Waals surface area contributed by atoms with E-state index in [0.29, 0.717) is 23.6 Å². The predicted molar refractivity (Wildman–Crippen MR) is 69.0 cm³/mol. The van der Waals surface area contributed by atoms with Crippen LogP contribution in [0.1, 0.15) is 25.6 Å². The van der Waals surface area contributed by atoms with Crippen LogP contribution in [0, 0.1) is 6.92 Å². The molecule has 18 heavy (non-hydrogen) atoms. The van der Waals surface area contributed by atoms with Gasteiger partial charge >= 0.3 is 0 Å². The van der Waals surface area contributed by atoms with Gasteiger partial charge in [0.05, 0.1) is 12.4 Å². The van der Waals surface area contributed by atoms with Gasteiger partial charge in [0.1, 0.15) is 0 Å². The number of aryl methyl sites for hydroxylation is 1. The highest BCUT2D eigenvalue weighted by molar-refractivity contribution is 5.31. The van der Waals surface area contributed by atoms with E-state index in [0.717, 1.165) is 5.69 Å². The molecule has 2 heterocycles. The summed E-state index contributed by atoms with van der Waals surface area (Å²) in [6.45, 7) is 6.02. The van der Waals surface area contributed by atoms with E-state index in [1.807, 2.05) is 17.8 Å². The molecule has 0 unspecified atom stereocenters. The third-order valence-corrected chi connectivity index (χ3v) is 2.38. The van der Waals surface area contributed by atoms with Crippen LogP contribution >= 0.6 is 0 Å². The summed E-state index contributed by atoms with van der Waals surface area (Å²) in [7, 11) is 1.77. The first-order valence-electron chi connectivity index (χ1n) is 5.84. The largest absolute Gasteiger partial charge is 0.436 e. The molecule has 2 aromatic heterocycles. The summed E-state index contributed by atoms with van der Waals surface area (Å²) in [5, 5.41) is 7.10. The van der Waals surface area contributed by atoms with Crippen LogP contribution < -0.4 is 10.1 Å². The topological polar surface area (TPSA) is 64.9 Å². The molecule has 1 N–H and O–H groups in total. The first kappa shape index (κ1) is 12.3. The van der Waals surface area contributed by atoms with Crippen molar-refractivity contribution in [1.29, 1.82) is 0 Å². The van der Waals surface area contributed by atoms with Crippen LogP contribution in [0.25, 0.3) is 0 Å². The first-order chi connectivity index (χ1) is 8.58. The van der Waals surface area contributed by atoms with Crippen LogP contribution in [-0.2, 0) is 0 Å². The van der Waals surface area contributed by atoms with Gasteiger partial charge in [0, 0.05) is 24.8 Å². The van der Waals surface area contributed by atoms with Gasteiger partial charge in [-0.3, -0.25) is 4.68 Å². The normalized spacial score (nSPS) is 10.7. The van der Waals surface area contributed by atoms with E-state index >= 15 is 0 Å². The Morgan fingerprint density at radius 3 is 2.72 bits per heavy atom. The number of aromatic nitrogens is 4. The molecule has 0 saturated heterocycles. The zero-order valence-electron chi connectivity index (χ0n) is 11.0. The molecule has 0 aliphatic heterocycles. The average molecular weight is 247 g/mol. The Labute approximate surface area is 106 Å². The molecule has 0 saturated carbocycles. The summed E-state index contributed by atoms with van der Waals surface area (Å²) >= 11 is 0. The summed E-state index contributed by atoms with van der Waals surface area (Å²) < 4.78 is 7.49. The Bertz CT molecular complexity index is 535. The van der Waals surface area contributed by atoms with Crippen LogP contribution in [0.15, 0.2) is 18.5 Å². The molecule has 0 bridgehead atoms. The average Bonchev–Trinajstić information content (AvgIpc) is 2.76. The molecule has 0 amide bonds. The second-order valence-corrected chi connectivity index (χ2v) is 4.27. The minimum Gasteiger partial charge on any atom is -0.436 e. The molecule has 2 rings (SSSR count). The molecule has 0 aromatic carbocycles. The minimum atomic E-state index is 0.308. The number of nitrogens with one attached hydrogen (secondary N) is 1. The Hall–Kier alpha value is -2.11. The van der Waals surface area contributed by atoms with E-state index in [9.17, 15) is 0 Å². The van der Waals surface area contributed by atoms with Crippen molar-refractivity contribution in [2.45, 2.75) is 26.8 Å². The van der Waals surface area contributed by atoms with Gasteiger partial charge < -0.3 is 10.1 Å². The SMILES string of the molecule is CNc1nc(C)cc(Oc2cnn(C(C)C)c2)n1. The Morgan fingerprint density at radius 2 is 2.11 bits per heavy atom. The summed E-state index contributed by atoms with van der Waals surface area (Å²) in [4.78, 5) is 8.42. The third-order valence-electron chi connectivity index (χ3n) is 2.38. The first-order valence-corrected chi connectivity index (χ1v) is 5.84. The Kier molecular flexibility index (Phi) is 3.45. The molecule has 0 aliphatic carbocycles. The lowest BCUT2D eigenvalue weighted by Gasteiger charge is -2.06. The van der Waals surface area contributed by atoms with Gasteiger partial charge in [0.25, 0.3) is 0 Å². The standard InChI is InChI=1S/C12H17N5O/c1-8(2)17-7-10(6-14-17)18-11-5-9(3)15-12(13-4)16-11/h5-8H,1-4H3,(H,13,15,16). The van der Waals surface area contributed by atoms with E-state index in [2.05, 4.69) is 34.2 Å². The maximum atomic E-state index is 5.66. The molecule has 6 nitrogen and oxygen atoms in total. The molecular formula is C12H17N5O. The highest BCUT2D eigenvalue weighted by Crippen LogP contribution is 2.21. The quantitative estimate of drug-likeness (QED) is 0.898. The monoisotopic (exact) mass is 247 g/mol. The molecule has 6 heteroatoms. The van der Waals surface area contributed by atoms with Gasteiger partial charge in [-0.25, -0.2) is 4.98 Å². The van der Waals surface area contributed by atoms with Crippen molar-refractivity contribution >= 4 is 5.95 Å². The molecule has 0 spiro atoms. The van der Waals surface area contributed by atoms with Crippen LogP contribution in [0.4, 0.5) is 5.95 Å². The maximum Gasteiger partial charge on any atom is 0.225 e. The van der Waals surface area contributed by atoms with Gasteiger partial charge in [-0.05, 0) is 20.8 Å². The van der Waals surface area contributed by atoms with Crippen molar-refractivity contribution in [2.24, 2.45) is 0 Å². The van der Waals surface area contributed by atoms with E-state index in [1.165, 1.54) is 0 Å². The van der Waals surface area contributed by atoms with Crippen molar-refractivity contribution in [3.8, 4) is 11.6 Å². The van der Waals surface area contributed by atoms with Gasteiger partial charge in [0.15, 0.2) is 5.75 Å². The number of ether oxygens (including phenoxy) is 1. The highest BCUT2D eigenvalue weighted by Gasteiger charge is 2.06. The summed E-state index contributed by atoms with van der Waals surface area (Å²) in [5.41, 5.74) is 0.848. The number of nitrogens with zero attached hydrogens (tertiary/aromatic N) is 4. The third kappa shape index (κ3) is 2.77. The molecule has 0 radical (unpaired) electrons. The number of rotatable bonds is 4. The lowest BCUT2D eigenvalue weighted by atomic mass is 10.4. The van der Waals surface area contributed by atoms with Crippen molar-refractivity contribution in [1.82, 2.24) is 19.7 Å². The second-order valence-electron chi connectivity index (χ2n) is 4.27. The Morgan fingerprint density at radius 1 is 1.33 bits per heavy atom. The van der Waals surface area contributed by atoms with E-state index in [4.69, 9.17) is 4.74 Å². The highest BCUT2D eigenvalue weighted by atomic mass is 16.5. The fourth-order valence-corrected chi connectivity index (χ4v) is 1.48. The fourth-order valence-electron chi connectivity index (χ4n) is 1.48. The summed E-state index contributed by atoms with van der Waals surface area (Å²) in [6.07, 6.45) is 3.53. The van der Waals surface area contributed by atoms with Crippen LogP contribution in [-0.4, -0.2) is 26.8 Å². The van der Waals surface area contributed by atoms with Gasteiger partial charge in [-0.15, -0.1) is 0 Å². The zero-order chi connectivity index (χ0) is 13.1. The lowest BCUT2D eigenvalue weighted by Crippen LogP contribution is -2.00. The van der Waals surface area contributed by atoms with Crippen molar-refractivity contribution in [3.05, 3.63) is 24.2 Å². The van der Waals surface area contributed by atoms with Crippen molar-refractivity contribution in [2.75, 3.05) is 12.4 Å². The number of hydrogen-bond acceptors (Lipinski definition) is 5. The van der Waals surface area contributed by atoms with Crippen LogP contribution in [0.3, 0.4) is 0 Å². The van der Waals surface area contributed by atoms with Crippen LogP contribution in [0.5, 0.6) is 11.6 Å². The molecule has 96 valence electrons. The lowest BCUT2D eigenvalue weighted by molar-refractivity contribution is 0.458. The number of anilines is 1. The molecule has 2 aromatic rings. The smallest absolute Gasteiger partial charge is 0.225 e. The van der Waals surface area contributed by atoms with E-state index in [1.54, 1.807) is 19.3 Å². The maximum absolute atomic E-state index is 5.66. The van der Waals surface area contributed by atoms with Gasteiger partial charge in [0.2, 0.25) is 11.8 Å². The fraction of sp³-hybridized carbons (Fsp3) is 0.417. The zero-order valence-corrected chi connectivity index (χ0v) is 11.0. The van der Waals surface area contributed by atoms with Crippen LogP contribution in [0.2, 0.25) is 0 Å². The minimum absolute atomic E-state index is 0.308. The molecule has 0 atom stereocenters. The molecule has 0 fully saturated rings. The summed E-state index contributed by atoms with van der Waals surface area (Å²) in [5.74, 6) is 1.72. The Balaban J connectivity index is 2.19. The summed E-state index contributed by atoms with van der Waals surface area (Å²) in [6, 6.07) is 2.09. The van der Waals surface area contributed by atoms with E-state index in [-0.39, 0.29) is 0 Å². The van der Waals surface area contributed by atoms with E-state index < -0.39 is 0 Å². The van der Waals surface area contributed by atoms with Gasteiger partial charge in [-0.1, -0.05) is 0 Å². The molecule has 0 aliphatic rings. The van der Waals surface area contributed by atoms with Crippen molar-refractivity contribution in [3.63, 3.8) is 0 Å². The predicted octanol–water partition coefficient (Wildman–Crippen LogP) is 2.40. The van der Waals surface area contributed by atoms with Crippen molar-refractivity contribution < 1.29 is 4.74 Å². The molecular weight excluding hydrogens is 230 g/mol. The van der Waals surface area contributed by atoms with Gasteiger partial charge in [-0.2, -0.15) is 10.1 Å². The number of hydrogen-bond donors (Lipinski definition) is 1. The second kappa shape index (κ2) is 5.03.